The van der Waals surface area contributed by atoms with Crippen LogP contribution in [0.1, 0.15) is 34.1 Å². The number of hydrogen-bond acceptors (Lipinski definition) is 3. The Morgan fingerprint density at radius 2 is 2.17 bits per heavy atom. The fraction of sp³-hybridized carbons (Fsp3) is 0.412. The molecule has 6 heteroatoms. The van der Waals surface area contributed by atoms with Crippen LogP contribution >= 0.6 is 11.6 Å². The summed E-state index contributed by atoms with van der Waals surface area (Å²) in [5.74, 6) is 0.341. The molecule has 0 radical (unpaired) electrons. The zero-order chi connectivity index (χ0) is 15.8. The van der Waals surface area contributed by atoms with Crippen LogP contribution in [0.4, 0.5) is 0 Å². The van der Waals surface area contributed by atoms with E-state index in [0.29, 0.717) is 18.2 Å². The average Bonchev–Trinajstić information content (AvgIpc) is 3.21. The number of carbonyl (C=O) groups is 1. The zero-order valence-corrected chi connectivity index (χ0v) is 13.6. The Morgan fingerprint density at radius 3 is 3.00 bits per heavy atom. The Bertz CT molecular complexity index is 718. The second-order valence-corrected chi connectivity index (χ2v) is 6.59. The molecule has 1 atom stereocenters. The third kappa shape index (κ3) is 2.75. The quantitative estimate of drug-likeness (QED) is 0.919. The van der Waals surface area contributed by atoms with Crippen molar-refractivity contribution in [3.05, 3.63) is 52.3 Å². The predicted octanol–water partition coefficient (Wildman–Crippen LogP) is 2.27. The predicted molar refractivity (Wildman–Crippen MR) is 88.6 cm³/mol. The molecule has 3 heterocycles. The lowest BCUT2D eigenvalue weighted by molar-refractivity contribution is 0.0784. The number of aromatic nitrogens is 2. The zero-order valence-electron chi connectivity index (χ0n) is 12.8. The maximum atomic E-state index is 12.7. The molecular weight excluding hydrogens is 312 g/mol. The standard InChI is InChI=1S/C17H19ClN4O/c18-15-4-2-1-3-14(15)12-5-7-21(11-12)17(23)16-9-13-10-19-6-8-22(13)20-16/h1-4,9,12,19H,5-8,10-11H2/t12-/m1/s1. The first-order chi connectivity index (χ1) is 11.2. The summed E-state index contributed by atoms with van der Waals surface area (Å²) < 4.78 is 1.94. The van der Waals surface area contributed by atoms with Crippen LogP contribution in [-0.2, 0) is 13.1 Å². The van der Waals surface area contributed by atoms with Gasteiger partial charge in [0.15, 0.2) is 5.69 Å². The molecular formula is C17H19ClN4O. The molecule has 1 fully saturated rings. The van der Waals surface area contributed by atoms with Crippen LogP contribution in [-0.4, -0.2) is 40.2 Å². The monoisotopic (exact) mass is 330 g/mol. The van der Waals surface area contributed by atoms with Crippen molar-refractivity contribution in [1.82, 2.24) is 20.0 Å². The molecule has 2 aliphatic heterocycles. The van der Waals surface area contributed by atoms with E-state index in [1.165, 1.54) is 0 Å². The van der Waals surface area contributed by atoms with E-state index in [2.05, 4.69) is 16.5 Å². The van der Waals surface area contributed by atoms with Crippen molar-refractivity contribution < 1.29 is 4.79 Å². The van der Waals surface area contributed by atoms with E-state index >= 15 is 0 Å². The Kier molecular flexibility index (Phi) is 3.83. The summed E-state index contributed by atoms with van der Waals surface area (Å²) in [6.45, 7) is 3.98. The first-order valence-corrected chi connectivity index (χ1v) is 8.41. The number of likely N-dealkylation sites (tertiary alicyclic amines) is 1. The van der Waals surface area contributed by atoms with Gasteiger partial charge in [-0.25, -0.2) is 0 Å². The summed E-state index contributed by atoms with van der Waals surface area (Å²) in [6, 6.07) is 9.83. The number of nitrogens with zero attached hydrogens (tertiary/aromatic N) is 3. The molecule has 0 aliphatic carbocycles. The number of halogens is 1. The van der Waals surface area contributed by atoms with Crippen molar-refractivity contribution in [2.75, 3.05) is 19.6 Å². The van der Waals surface area contributed by atoms with E-state index in [9.17, 15) is 4.79 Å². The van der Waals surface area contributed by atoms with Crippen LogP contribution in [0.25, 0.3) is 0 Å². The molecule has 1 aromatic carbocycles. The summed E-state index contributed by atoms with van der Waals surface area (Å²) in [5, 5.41) is 8.55. The van der Waals surface area contributed by atoms with Gasteiger partial charge in [0.05, 0.1) is 12.2 Å². The molecule has 1 aromatic heterocycles. The minimum atomic E-state index is 0.0291. The van der Waals surface area contributed by atoms with Gasteiger partial charge in [-0.1, -0.05) is 29.8 Å². The number of amides is 1. The highest BCUT2D eigenvalue weighted by molar-refractivity contribution is 6.31. The van der Waals surface area contributed by atoms with Crippen LogP contribution in [0.2, 0.25) is 5.02 Å². The highest BCUT2D eigenvalue weighted by Crippen LogP contribution is 2.32. The van der Waals surface area contributed by atoms with Crippen LogP contribution < -0.4 is 5.32 Å². The van der Waals surface area contributed by atoms with Crippen molar-refractivity contribution in [2.45, 2.75) is 25.4 Å². The van der Waals surface area contributed by atoms with E-state index < -0.39 is 0 Å². The summed E-state index contributed by atoms with van der Waals surface area (Å²) >= 11 is 6.29. The summed E-state index contributed by atoms with van der Waals surface area (Å²) in [5.41, 5.74) is 2.78. The molecule has 1 amide bonds. The molecule has 1 saturated heterocycles. The largest absolute Gasteiger partial charge is 0.337 e. The second-order valence-electron chi connectivity index (χ2n) is 6.18. The van der Waals surface area contributed by atoms with E-state index in [1.54, 1.807) is 0 Å². The number of benzene rings is 1. The fourth-order valence-corrected chi connectivity index (χ4v) is 3.75. The highest BCUT2D eigenvalue weighted by atomic mass is 35.5. The lowest BCUT2D eigenvalue weighted by atomic mass is 9.98. The summed E-state index contributed by atoms with van der Waals surface area (Å²) in [6.07, 6.45) is 0.949. The van der Waals surface area contributed by atoms with Crippen LogP contribution in [0.15, 0.2) is 30.3 Å². The van der Waals surface area contributed by atoms with Crippen LogP contribution in [0.3, 0.4) is 0 Å². The van der Waals surface area contributed by atoms with Gasteiger partial charge < -0.3 is 10.2 Å². The normalized spacial score (nSPS) is 20.6. The summed E-state index contributed by atoms with van der Waals surface area (Å²) in [7, 11) is 0. The molecule has 5 nitrogen and oxygen atoms in total. The maximum Gasteiger partial charge on any atom is 0.274 e. The smallest absolute Gasteiger partial charge is 0.274 e. The molecule has 2 aliphatic rings. The van der Waals surface area contributed by atoms with E-state index in [0.717, 1.165) is 48.9 Å². The highest BCUT2D eigenvalue weighted by Gasteiger charge is 2.30. The molecule has 4 rings (SSSR count). The Morgan fingerprint density at radius 1 is 1.30 bits per heavy atom. The van der Waals surface area contributed by atoms with Crippen molar-refractivity contribution in [3.63, 3.8) is 0 Å². The SMILES string of the molecule is O=C(c1cc2n(n1)CCNC2)N1CC[C@@H](c2ccccc2Cl)C1. The van der Waals surface area contributed by atoms with Gasteiger partial charge in [-0.15, -0.1) is 0 Å². The second kappa shape index (κ2) is 5.98. The topological polar surface area (TPSA) is 50.2 Å². The van der Waals surface area contributed by atoms with Gasteiger partial charge in [0.25, 0.3) is 5.91 Å². The lowest BCUT2D eigenvalue weighted by Gasteiger charge is -2.16. The van der Waals surface area contributed by atoms with Crippen LogP contribution in [0.5, 0.6) is 0 Å². The van der Waals surface area contributed by atoms with Crippen molar-refractivity contribution >= 4 is 17.5 Å². The number of carbonyl (C=O) groups excluding carboxylic acids is 1. The average molecular weight is 331 g/mol. The fourth-order valence-electron chi connectivity index (χ4n) is 3.46. The molecule has 0 saturated carbocycles. The minimum Gasteiger partial charge on any atom is -0.337 e. The third-order valence-electron chi connectivity index (χ3n) is 4.71. The molecule has 2 aromatic rings. The van der Waals surface area contributed by atoms with Crippen molar-refractivity contribution in [3.8, 4) is 0 Å². The van der Waals surface area contributed by atoms with E-state index in [1.807, 2.05) is 33.8 Å². The van der Waals surface area contributed by atoms with Gasteiger partial charge >= 0.3 is 0 Å². The van der Waals surface area contributed by atoms with Gasteiger partial charge in [-0.2, -0.15) is 5.10 Å². The van der Waals surface area contributed by atoms with Crippen molar-refractivity contribution in [1.29, 1.82) is 0 Å². The van der Waals surface area contributed by atoms with Gasteiger partial charge in [0, 0.05) is 37.1 Å². The summed E-state index contributed by atoms with van der Waals surface area (Å²) in [4.78, 5) is 14.6. The van der Waals surface area contributed by atoms with Gasteiger partial charge in [-0.05, 0) is 24.1 Å². The maximum absolute atomic E-state index is 12.7. The van der Waals surface area contributed by atoms with E-state index in [4.69, 9.17) is 11.6 Å². The third-order valence-corrected chi connectivity index (χ3v) is 5.05. The molecule has 23 heavy (non-hydrogen) atoms. The van der Waals surface area contributed by atoms with Gasteiger partial charge in [0.1, 0.15) is 0 Å². The Labute approximate surface area is 140 Å². The lowest BCUT2D eigenvalue weighted by Crippen LogP contribution is -2.29. The number of hydrogen-bond donors (Lipinski definition) is 1. The first kappa shape index (κ1) is 14.7. The molecule has 1 N–H and O–H groups in total. The molecule has 0 unspecified atom stereocenters. The Balaban J connectivity index is 1.50. The number of rotatable bonds is 2. The van der Waals surface area contributed by atoms with Gasteiger partial charge in [-0.3, -0.25) is 9.48 Å². The first-order valence-electron chi connectivity index (χ1n) is 8.03. The van der Waals surface area contributed by atoms with Crippen LogP contribution in [0, 0.1) is 0 Å². The van der Waals surface area contributed by atoms with Gasteiger partial charge in [0.2, 0.25) is 0 Å². The minimum absolute atomic E-state index is 0.0291. The Hall–Kier alpha value is -1.85. The van der Waals surface area contributed by atoms with E-state index in [-0.39, 0.29) is 5.91 Å². The number of fused-ring (bicyclic) bond motifs is 1. The molecule has 0 spiro atoms. The molecule has 0 bridgehead atoms. The van der Waals surface area contributed by atoms with Crippen molar-refractivity contribution in [2.24, 2.45) is 0 Å². The molecule has 120 valence electrons. The number of nitrogens with one attached hydrogen (secondary N) is 1.